The number of hydrogen-bond donors (Lipinski definition) is 2. The highest BCUT2D eigenvalue weighted by molar-refractivity contribution is 8.03. The first kappa shape index (κ1) is 16.9. The Morgan fingerprint density at radius 1 is 1.32 bits per heavy atom. The first-order valence-corrected chi connectivity index (χ1v) is 8.61. The van der Waals surface area contributed by atoms with E-state index in [1.807, 2.05) is 18.2 Å². The summed E-state index contributed by atoms with van der Waals surface area (Å²) in [6.45, 7) is 0. The molecule has 1 aromatic heterocycles. The monoisotopic (exact) mass is 353 g/mol. The molecule has 3 rings (SSSR count). The number of nitrogens with one attached hydrogen (secondary N) is 2. The summed E-state index contributed by atoms with van der Waals surface area (Å²) in [5.74, 6) is -0.186. The van der Waals surface area contributed by atoms with Crippen molar-refractivity contribution in [2.45, 2.75) is 12.3 Å². The van der Waals surface area contributed by atoms with Crippen LogP contribution in [0, 0.1) is 11.3 Å². The number of anilines is 1. The standard InChI is InChI=1S/C18H15N3O3S/c19-10-14-13(15-7-4-8-24-15)9-16(22)21-18(14)25-11-17(23)20-12-5-2-1-3-6-12/h1-8,13H,9,11H2,(H,20,23)(H,21,22)/t13-/m0/s1. The number of rotatable bonds is 5. The van der Waals surface area contributed by atoms with E-state index < -0.39 is 5.92 Å². The number of allylic oxidation sites excluding steroid dienone is 1. The van der Waals surface area contributed by atoms with Crippen molar-refractivity contribution in [2.24, 2.45) is 0 Å². The molecule has 0 saturated carbocycles. The lowest BCUT2D eigenvalue weighted by molar-refractivity contribution is -0.121. The molecule has 0 saturated heterocycles. The second-order valence-corrected chi connectivity index (χ2v) is 6.36. The number of hydrogen-bond acceptors (Lipinski definition) is 5. The summed E-state index contributed by atoms with van der Waals surface area (Å²) in [4.78, 5) is 24.0. The van der Waals surface area contributed by atoms with E-state index in [4.69, 9.17) is 4.42 Å². The van der Waals surface area contributed by atoms with E-state index in [-0.39, 0.29) is 24.0 Å². The van der Waals surface area contributed by atoms with Gasteiger partial charge in [-0.1, -0.05) is 30.0 Å². The van der Waals surface area contributed by atoms with Crippen LogP contribution in [0.4, 0.5) is 5.69 Å². The number of furan rings is 1. The highest BCUT2D eigenvalue weighted by atomic mass is 32.2. The molecule has 1 aromatic carbocycles. The van der Waals surface area contributed by atoms with Crippen LogP contribution in [0.3, 0.4) is 0 Å². The molecule has 0 radical (unpaired) electrons. The molecule has 2 aromatic rings. The van der Waals surface area contributed by atoms with E-state index in [1.54, 1.807) is 24.3 Å². The second-order valence-electron chi connectivity index (χ2n) is 5.38. The van der Waals surface area contributed by atoms with Crippen LogP contribution in [-0.4, -0.2) is 17.6 Å². The fourth-order valence-corrected chi connectivity index (χ4v) is 3.40. The zero-order valence-electron chi connectivity index (χ0n) is 13.2. The number of thioether (sulfide) groups is 1. The van der Waals surface area contributed by atoms with Gasteiger partial charge in [-0.3, -0.25) is 9.59 Å². The van der Waals surface area contributed by atoms with Gasteiger partial charge in [0, 0.05) is 12.1 Å². The fourth-order valence-electron chi connectivity index (χ4n) is 2.52. The van der Waals surface area contributed by atoms with Gasteiger partial charge in [-0.05, 0) is 24.3 Å². The third kappa shape index (κ3) is 4.11. The second kappa shape index (κ2) is 7.73. The predicted molar refractivity (Wildman–Crippen MR) is 94.4 cm³/mol. The Morgan fingerprint density at radius 2 is 2.12 bits per heavy atom. The maximum absolute atomic E-state index is 12.1. The maximum Gasteiger partial charge on any atom is 0.234 e. The van der Waals surface area contributed by atoms with Crippen molar-refractivity contribution < 1.29 is 14.0 Å². The lowest BCUT2D eigenvalue weighted by Gasteiger charge is -2.23. The Balaban J connectivity index is 1.72. The van der Waals surface area contributed by atoms with Crippen molar-refractivity contribution in [1.29, 1.82) is 5.26 Å². The zero-order chi connectivity index (χ0) is 17.6. The average Bonchev–Trinajstić information content (AvgIpc) is 3.15. The van der Waals surface area contributed by atoms with Gasteiger partial charge >= 0.3 is 0 Å². The van der Waals surface area contributed by atoms with Crippen LogP contribution >= 0.6 is 11.8 Å². The van der Waals surface area contributed by atoms with E-state index in [0.29, 0.717) is 22.0 Å². The number of nitriles is 1. The normalized spacial score (nSPS) is 16.9. The Bertz CT molecular complexity index is 838. The van der Waals surface area contributed by atoms with E-state index in [0.717, 1.165) is 11.8 Å². The first-order chi connectivity index (χ1) is 12.2. The number of amides is 2. The molecule has 126 valence electrons. The van der Waals surface area contributed by atoms with Crippen LogP contribution in [0.15, 0.2) is 63.7 Å². The highest BCUT2D eigenvalue weighted by Gasteiger charge is 2.31. The van der Waals surface area contributed by atoms with Crippen molar-refractivity contribution >= 4 is 29.3 Å². The molecule has 6 nitrogen and oxygen atoms in total. The first-order valence-electron chi connectivity index (χ1n) is 7.62. The van der Waals surface area contributed by atoms with Crippen LogP contribution in [-0.2, 0) is 9.59 Å². The molecule has 0 fully saturated rings. The maximum atomic E-state index is 12.1. The van der Waals surface area contributed by atoms with Gasteiger partial charge in [-0.25, -0.2) is 0 Å². The summed E-state index contributed by atoms with van der Waals surface area (Å²) < 4.78 is 5.35. The van der Waals surface area contributed by atoms with Gasteiger partial charge < -0.3 is 15.1 Å². The van der Waals surface area contributed by atoms with Crippen molar-refractivity contribution in [1.82, 2.24) is 5.32 Å². The van der Waals surface area contributed by atoms with Gasteiger partial charge in [-0.15, -0.1) is 0 Å². The minimum atomic E-state index is -0.423. The molecule has 1 atom stereocenters. The number of benzene rings is 1. The molecule has 7 heteroatoms. The van der Waals surface area contributed by atoms with Crippen molar-refractivity contribution in [3.05, 3.63) is 65.1 Å². The molecule has 0 unspecified atom stereocenters. The smallest absolute Gasteiger partial charge is 0.234 e. The molecule has 2 amide bonds. The van der Waals surface area contributed by atoms with Gasteiger partial charge in [-0.2, -0.15) is 5.26 Å². The zero-order valence-corrected chi connectivity index (χ0v) is 14.0. The van der Waals surface area contributed by atoms with Crippen molar-refractivity contribution in [3.63, 3.8) is 0 Å². The molecule has 2 N–H and O–H groups in total. The summed E-state index contributed by atoms with van der Waals surface area (Å²) in [7, 11) is 0. The topological polar surface area (TPSA) is 95.1 Å². The number of para-hydroxylation sites is 1. The van der Waals surface area contributed by atoms with Gasteiger partial charge in [0.15, 0.2) is 0 Å². The number of carbonyl (C=O) groups excluding carboxylic acids is 2. The summed E-state index contributed by atoms with van der Waals surface area (Å²) >= 11 is 1.13. The van der Waals surface area contributed by atoms with Gasteiger partial charge in [0.05, 0.1) is 34.6 Å². The molecule has 1 aliphatic heterocycles. The minimum absolute atomic E-state index is 0.0839. The Hall–Kier alpha value is -2.98. The van der Waals surface area contributed by atoms with Crippen LogP contribution in [0.5, 0.6) is 0 Å². The van der Waals surface area contributed by atoms with Gasteiger partial charge in [0.25, 0.3) is 0 Å². The summed E-state index contributed by atoms with van der Waals surface area (Å²) in [6.07, 6.45) is 1.66. The molecule has 0 bridgehead atoms. The van der Waals surface area contributed by atoms with Crippen LogP contribution in [0.1, 0.15) is 18.1 Å². The molecular formula is C18H15N3O3S. The minimum Gasteiger partial charge on any atom is -0.469 e. The average molecular weight is 353 g/mol. The molecule has 0 aliphatic carbocycles. The summed E-state index contributed by atoms with van der Waals surface area (Å²) in [5.41, 5.74) is 1.11. The Morgan fingerprint density at radius 3 is 2.80 bits per heavy atom. The largest absolute Gasteiger partial charge is 0.469 e. The van der Waals surface area contributed by atoms with Gasteiger partial charge in [0.1, 0.15) is 5.76 Å². The number of nitrogens with zero attached hydrogens (tertiary/aromatic N) is 1. The molecule has 2 heterocycles. The van der Waals surface area contributed by atoms with Crippen molar-refractivity contribution in [3.8, 4) is 6.07 Å². The van der Waals surface area contributed by atoms with Gasteiger partial charge in [0.2, 0.25) is 11.8 Å². The Labute approximate surface area is 148 Å². The molecular weight excluding hydrogens is 338 g/mol. The third-order valence-electron chi connectivity index (χ3n) is 3.65. The SMILES string of the molecule is N#CC1=C(SCC(=O)Nc2ccccc2)NC(=O)C[C@@H]1c1ccco1. The predicted octanol–water partition coefficient (Wildman–Crippen LogP) is 2.99. The Kier molecular flexibility index (Phi) is 5.21. The van der Waals surface area contributed by atoms with E-state index in [9.17, 15) is 14.9 Å². The highest BCUT2D eigenvalue weighted by Crippen LogP contribution is 2.36. The number of carbonyl (C=O) groups is 2. The van der Waals surface area contributed by atoms with E-state index >= 15 is 0 Å². The van der Waals surface area contributed by atoms with Crippen LogP contribution < -0.4 is 10.6 Å². The third-order valence-corrected chi connectivity index (χ3v) is 4.66. The summed E-state index contributed by atoms with van der Waals surface area (Å²) in [6, 6.07) is 14.7. The van der Waals surface area contributed by atoms with Crippen LogP contribution in [0.2, 0.25) is 0 Å². The van der Waals surface area contributed by atoms with E-state index in [2.05, 4.69) is 16.7 Å². The van der Waals surface area contributed by atoms with Crippen LogP contribution in [0.25, 0.3) is 0 Å². The lowest BCUT2D eigenvalue weighted by Crippen LogP contribution is -2.31. The molecule has 25 heavy (non-hydrogen) atoms. The van der Waals surface area contributed by atoms with E-state index in [1.165, 1.54) is 6.26 Å². The van der Waals surface area contributed by atoms with Crippen molar-refractivity contribution in [2.75, 3.05) is 11.1 Å². The fraction of sp³-hybridized carbons (Fsp3) is 0.167. The molecule has 0 spiro atoms. The lowest BCUT2D eigenvalue weighted by atomic mass is 9.92. The molecule has 1 aliphatic rings. The quantitative estimate of drug-likeness (QED) is 0.861. The summed E-state index contributed by atoms with van der Waals surface area (Å²) in [5, 5.41) is 15.4.